The van der Waals surface area contributed by atoms with Crippen molar-refractivity contribution in [3.63, 3.8) is 0 Å². The number of halogens is 1. The zero-order valence-corrected chi connectivity index (χ0v) is 26.0. The van der Waals surface area contributed by atoms with E-state index < -0.39 is 17.7 Å². The van der Waals surface area contributed by atoms with Gasteiger partial charge in [0, 0.05) is 11.3 Å². The van der Waals surface area contributed by atoms with Gasteiger partial charge in [0.25, 0.3) is 5.78 Å². The zero-order valence-electron chi connectivity index (χ0n) is 24.4. The molecule has 0 saturated carbocycles. The van der Waals surface area contributed by atoms with Gasteiger partial charge in [-0.2, -0.15) is 0 Å². The van der Waals surface area contributed by atoms with E-state index in [9.17, 15) is 19.1 Å². The highest BCUT2D eigenvalue weighted by Crippen LogP contribution is 2.44. The van der Waals surface area contributed by atoms with E-state index in [0.717, 1.165) is 36.2 Å². The van der Waals surface area contributed by atoms with Crippen LogP contribution in [-0.4, -0.2) is 40.2 Å². The van der Waals surface area contributed by atoms with E-state index >= 15 is 0 Å². The molecule has 3 aromatic carbocycles. The summed E-state index contributed by atoms with van der Waals surface area (Å²) in [4.78, 5) is 28.5. The second-order valence-corrected chi connectivity index (χ2v) is 12.2. The standard InChI is InChI=1S/C33H32FN3O5S2/c1-3-5-6-18-42-26-9-7-8-23(19-26)28-27(29(38)22-12-16-25(17-13-22)41-4-2)30(39)31(40)37(28)32-35-36-33(44-32)43-20-21-10-14-24(34)15-11-21/h7-17,19,28,38H,3-6,18,20H2,1-2H3. The van der Waals surface area contributed by atoms with Crippen LogP contribution in [0.15, 0.2) is 82.7 Å². The van der Waals surface area contributed by atoms with Crippen LogP contribution in [0.3, 0.4) is 0 Å². The molecule has 1 atom stereocenters. The molecule has 5 rings (SSSR count). The maximum absolute atomic E-state index is 13.6. The van der Waals surface area contributed by atoms with Crippen molar-refractivity contribution in [3.8, 4) is 11.5 Å². The minimum atomic E-state index is -0.969. The number of anilines is 1. The number of ketones is 1. The van der Waals surface area contributed by atoms with Gasteiger partial charge < -0.3 is 14.6 Å². The van der Waals surface area contributed by atoms with Crippen molar-refractivity contribution < 1.29 is 28.6 Å². The first kappa shape index (κ1) is 31.2. The predicted octanol–water partition coefficient (Wildman–Crippen LogP) is 7.56. The topological polar surface area (TPSA) is 102 Å². The summed E-state index contributed by atoms with van der Waals surface area (Å²) in [5, 5.41) is 20.2. The van der Waals surface area contributed by atoms with E-state index in [1.54, 1.807) is 54.6 Å². The molecule has 1 amide bonds. The van der Waals surface area contributed by atoms with Crippen LogP contribution in [0.5, 0.6) is 11.5 Å². The Labute approximate surface area is 263 Å². The van der Waals surface area contributed by atoms with Crippen LogP contribution in [0.1, 0.15) is 55.8 Å². The molecule has 0 aliphatic carbocycles. The molecular formula is C33H32FN3O5S2. The van der Waals surface area contributed by atoms with Crippen LogP contribution in [0.4, 0.5) is 9.52 Å². The van der Waals surface area contributed by atoms with Crippen molar-refractivity contribution in [1.29, 1.82) is 0 Å². The zero-order chi connectivity index (χ0) is 31.1. The van der Waals surface area contributed by atoms with Crippen LogP contribution in [-0.2, 0) is 15.3 Å². The van der Waals surface area contributed by atoms with E-state index in [0.29, 0.717) is 45.9 Å². The fourth-order valence-corrected chi connectivity index (χ4v) is 6.60. The average Bonchev–Trinajstić information content (AvgIpc) is 3.61. The molecule has 1 unspecified atom stereocenters. The van der Waals surface area contributed by atoms with Crippen LogP contribution in [0.25, 0.3) is 5.76 Å². The number of aromatic nitrogens is 2. The van der Waals surface area contributed by atoms with Crippen LogP contribution in [0.2, 0.25) is 0 Å². The molecular weight excluding hydrogens is 602 g/mol. The number of unbranched alkanes of at least 4 members (excludes halogenated alkanes) is 2. The van der Waals surface area contributed by atoms with Gasteiger partial charge in [-0.3, -0.25) is 14.5 Å². The number of amides is 1. The summed E-state index contributed by atoms with van der Waals surface area (Å²) in [5.74, 6) is -0.524. The first-order chi connectivity index (χ1) is 21.4. The van der Waals surface area contributed by atoms with Gasteiger partial charge >= 0.3 is 5.91 Å². The molecule has 1 fully saturated rings. The molecule has 2 heterocycles. The Balaban J connectivity index is 1.51. The molecule has 228 valence electrons. The number of rotatable bonds is 13. The highest BCUT2D eigenvalue weighted by molar-refractivity contribution is 8.00. The Morgan fingerprint density at radius 2 is 1.75 bits per heavy atom. The summed E-state index contributed by atoms with van der Waals surface area (Å²) in [7, 11) is 0. The normalized spacial score (nSPS) is 16.0. The molecule has 1 aliphatic heterocycles. The SMILES string of the molecule is CCCCCOc1cccc(C2C(=C(O)c3ccc(OCC)cc3)C(=O)C(=O)N2c2nnc(SCc3ccc(F)cc3)s2)c1. The predicted molar refractivity (Wildman–Crippen MR) is 170 cm³/mol. The number of hydrogen-bond donors (Lipinski definition) is 1. The van der Waals surface area contributed by atoms with Crippen LogP contribution >= 0.6 is 23.1 Å². The Hall–Kier alpha value is -4.22. The van der Waals surface area contributed by atoms with Crippen LogP contribution < -0.4 is 14.4 Å². The second kappa shape index (κ2) is 14.5. The summed E-state index contributed by atoms with van der Waals surface area (Å²) in [6.45, 7) is 5.01. The summed E-state index contributed by atoms with van der Waals surface area (Å²) < 4.78 is 25.4. The second-order valence-electron chi connectivity index (χ2n) is 10.0. The highest BCUT2D eigenvalue weighted by atomic mass is 32.2. The summed E-state index contributed by atoms with van der Waals surface area (Å²) in [5.41, 5.74) is 1.80. The number of hydrogen-bond acceptors (Lipinski definition) is 9. The maximum atomic E-state index is 13.6. The molecule has 11 heteroatoms. The van der Waals surface area contributed by atoms with Gasteiger partial charge in [0.2, 0.25) is 5.13 Å². The van der Waals surface area contributed by atoms with Crippen molar-refractivity contribution in [2.75, 3.05) is 18.1 Å². The third kappa shape index (κ3) is 7.11. The van der Waals surface area contributed by atoms with E-state index in [4.69, 9.17) is 9.47 Å². The maximum Gasteiger partial charge on any atom is 0.301 e. The fourth-order valence-electron chi connectivity index (χ4n) is 4.78. The summed E-state index contributed by atoms with van der Waals surface area (Å²) in [6, 6.07) is 19.1. The molecule has 1 aromatic heterocycles. The molecule has 0 radical (unpaired) electrons. The Morgan fingerprint density at radius 1 is 0.977 bits per heavy atom. The Kier molecular flexibility index (Phi) is 10.3. The summed E-state index contributed by atoms with van der Waals surface area (Å²) >= 11 is 2.55. The molecule has 4 aromatic rings. The molecule has 0 spiro atoms. The lowest BCUT2D eigenvalue weighted by Crippen LogP contribution is -2.29. The molecule has 0 bridgehead atoms. The number of carbonyl (C=O) groups excluding carboxylic acids is 2. The van der Waals surface area contributed by atoms with Crippen molar-refractivity contribution in [2.45, 2.75) is 49.2 Å². The lowest BCUT2D eigenvalue weighted by Gasteiger charge is -2.23. The monoisotopic (exact) mass is 633 g/mol. The average molecular weight is 634 g/mol. The van der Waals surface area contributed by atoms with Gasteiger partial charge in [0.05, 0.1) is 24.8 Å². The molecule has 8 nitrogen and oxygen atoms in total. The lowest BCUT2D eigenvalue weighted by atomic mass is 9.95. The van der Waals surface area contributed by atoms with Crippen molar-refractivity contribution >= 4 is 45.7 Å². The van der Waals surface area contributed by atoms with Gasteiger partial charge in [-0.15, -0.1) is 10.2 Å². The first-order valence-corrected chi connectivity index (χ1v) is 16.2. The van der Waals surface area contributed by atoms with Crippen molar-refractivity contribution in [2.24, 2.45) is 0 Å². The molecule has 1 N–H and O–H groups in total. The lowest BCUT2D eigenvalue weighted by molar-refractivity contribution is -0.132. The minimum Gasteiger partial charge on any atom is -0.507 e. The van der Waals surface area contributed by atoms with E-state index in [2.05, 4.69) is 17.1 Å². The van der Waals surface area contributed by atoms with Gasteiger partial charge in [0.1, 0.15) is 23.1 Å². The van der Waals surface area contributed by atoms with Gasteiger partial charge in [-0.25, -0.2) is 4.39 Å². The number of aliphatic hydroxyl groups excluding tert-OH is 1. The van der Waals surface area contributed by atoms with Crippen molar-refractivity contribution in [1.82, 2.24) is 10.2 Å². The molecule has 1 aliphatic rings. The number of Topliss-reactive ketones (excluding diaryl/α,β-unsaturated/α-hetero) is 1. The number of thioether (sulfide) groups is 1. The Morgan fingerprint density at radius 3 is 2.48 bits per heavy atom. The number of ether oxygens (including phenoxy) is 2. The largest absolute Gasteiger partial charge is 0.507 e. The fraction of sp³-hybridized carbons (Fsp3) is 0.273. The van der Waals surface area contributed by atoms with Gasteiger partial charge in [-0.05, 0) is 73.0 Å². The smallest absolute Gasteiger partial charge is 0.301 e. The van der Waals surface area contributed by atoms with E-state index in [1.165, 1.54) is 28.8 Å². The highest BCUT2D eigenvalue weighted by Gasteiger charge is 2.48. The number of carbonyl (C=O) groups is 2. The molecule has 1 saturated heterocycles. The van der Waals surface area contributed by atoms with Gasteiger partial charge in [-0.1, -0.05) is 67.1 Å². The molecule has 44 heavy (non-hydrogen) atoms. The minimum absolute atomic E-state index is 0.0574. The number of nitrogens with zero attached hydrogens (tertiary/aromatic N) is 3. The Bertz CT molecular complexity index is 1640. The van der Waals surface area contributed by atoms with Crippen molar-refractivity contribution in [3.05, 3.63) is 101 Å². The number of benzene rings is 3. The van der Waals surface area contributed by atoms with E-state index in [-0.39, 0.29) is 22.3 Å². The van der Waals surface area contributed by atoms with Gasteiger partial charge in [0.15, 0.2) is 4.34 Å². The third-order valence-electron chi connectivity index (χ3n) is 6.95. The number of aliphatic hydroxyl groups is 1. The quantitative estimate of drug-likeness (QED) is 0.0402. The third-order valence-corrected chi connectivity index (χ3v) is 9.08. The first-order valence-electron chi connectivity index (χ1n) is 14.4. The summed E-state index contributed by atoms with van der Waals surface area (Å²) in [6.07, 6.45) is 3.01. The van der Waals surface area contributed by atoms with Crippen LogP contribution in [0, 0.1) is 5.82 Å². The van der Waals surface area contributed by atoms with E-state index in [1.807, 2.05) is 13.0 Å².